The maximum Gasteiger partial charge on any atom is 0.230 e. The molecular formula is C13H15N3O2S. The summed E-state index contributed by atoms with van der Waals surface area (Å²) >= 11 is 1.34. The molecule has 1 heterocycles. The van der Waals surface area contributed by atoms with E-state index in [1.54, 1.807) is 20.2 Å². The monoisotopic (exact) mass is 277 g/mol. The first-order valence-corrected chi connectivity index (χ1v) is 6.63. The molecule has 0 unspecified atom stereocenters. The number of ether oxygens (including phenoxy) is 1. The Kier molecular flexibility index (Phi) is 4.11. The van der Waals surface area contributed by atoms with Gasteiger partial charge in [0.15, 0.2) is 5.16 Å². The second kappa shape index (κ2) is 5.79. The minimum Gasteiger partial charge on any atom is -0.497 e. The summed E-state index contributed by atoms with van der Waals surface area (Å²) in [4.78, 5) is 15.3. The van der Waals surface area contributed by atoms with Crippen LogP contribution in [0.25, 0.3) is 5.69 Å². The van der Waals surface area contributed by atoms with Crippen molar-refractivity contribution in [2.75, 3.05) is 7.11 Å². The molecule has 2 N–H and O–H groups in total. The predicted octanol–water partition coefficient (Wildman–Crippen LogP) is 1.85. The van der Waals surface area contributed by atoms with Crippen molar-refractivity contribution >= 4 is 17.7 Å². The number of rotatable bonds is 5. The summed E-state index contributed by atoms with van der Waals surface area (Å²) in [5.41, 5.74) is 6.22. The SMILES string of the molecule is COc1ccc(-n2ccnc2S[C@H](C)C(N)=O)cc1. The average Bonchev–Trinajstić information content (AvgIpc) is 2.87. The third-order valence-electron chi connectivity index (χ3n) is 2.64. The summed E-state index contributed by atoms with van der Waals surface area (Å²) in [6.07, 6.45) is 3.54. The lowest BCUT2D eigenvalue weighted by Crippen LogP contribution is -2.22. The van der Waals surface area contributed by atoms with Crippen molar-refractivity contribution in [2.45, 2.75) is 17.3 Å². The molecule has 2 rings (SSSR count). The molecule has 0 aliphatic heterocycles. The first-order valence-electron chi connectivity index (χ1n) is 5.75. The molecule has 0 aliphatic carbocycles. The van der Waals surface area contributed by atoms with Crippen molar-refractivity contribution in [1.29, 1.82) is 0 Å². The molecule has 6 heteroatoms. The lowest BCUT2D eigenvalue weighted by Gasteiger charge is -2.10. The highest BCUT2D eigenvalue weighted by atomic mass is 32.2. The molecule has 1 aromatic heterocycles. The van der Waals surface area contributed by atoms with Gasteiger partial charge in [-0.3, -0.25) is 9.36 Å². The van der Waals surface area contributed by atoms with E-state index >= 15 is 0 Å². The van der Waals surface area contributed by atoms with Crippen LogP contribution in [-0.4, -0.2) is 27.8 Å². The number of carbonyl (C=O) groups excluding carboxylic acids is 1. The van der Waals surface area contributed by atoms with Gasteiger partial charge < -0.3 is 10.5 Å². The fourth-order valence-electron chi connectivity index (χ4n) is 1.53. The number of hydrogen-bond donors (Lipinski definition) is 1. The molecule has 0 aliphatic rings. The number of thioether (sulfide) groups is 1. The van der Waals surface area contributed by atoms with E-state index < -0.39 is 0 Å². The number of carbonyl (C=O) groups is 1. The number of nitrogens with two attached hydrogens (primary N) is 1. The van der Waals surface area contributed by atoms with Gasteiger partial charge >= 0.3 is 0 Å². The van der Waals surface area contributed by atoms with E-state index in [0.717, 1.165) is 16.6 Å². The lowest BCUT2D eigenvalue weighted by atomic mass is 10.3. The molecule has 2 aromatic rings. The second-order valence-electron chi connectivity index (χ2n) is 3.94. The zero-order valence-electron chi connectivity index (χ0n) is 10.7. The number of hydrogen-bond acceptors (Lipinski definition) is 4. The normalized spacial score (nSPS) is 12.1. The molecule has 0 saturated carbocycles. The van der Waals surface area contributed by atoms with E-state index in [4.69, 9.17) is 10.5 Å². The van der Waals surface area contributed by atoms with Crippen molar-refractivity contribution < 1.29 is 9.53 Å². The Morgan fingerprint density at radius 1 is 1.42 bits per heavy atom. The zero-order chi connectivity index (χ0) is 13.8. The van der Waals surface area contributed by atoms with Crippen molar-refractivity contribution in [3.8, 4) is 11.4 Å². The molecular weight excluding hydrogens is 262 g/mol. The van der Waals surface area contributed by atoms with Gasteiger partial charge in [-0.05, 0) is 31.2 Å². The third-order valence-corrected chi connectivity index (χ3v) is 3.74. The number of imidazole rings is 1. The van der Waals surface area contributed by atoms with Crippen LogP contribution in [0.5, 0.6) is 5.75 Å². The van der Waals surface area contributed by atoms with Crippen LogP contribution in [0.3, 0.4) is 0 Å². The Morgan fingerprint density at radius 3 is 2.68 bits per heavy atom. The second-order valence-corrected chi connectivity index (χ2v) is 5.25. The van der Waals surface area contributed by atoms with Crippen molar-refractivity contribution in [3.63, 3.8) is 0 Å². The number of nitrogens with zero attached hydrogens (tertiary/aromatic N) is 2. The van der Waals surface area contributed by atoms with Crippen LogP contribution < -0.4 is 10.5 Å². The maximum absolute atomic E-state index is 11.1. The summed E-state index contributed by atoms with van der Waals surface area (Å²) < 4.78 is 7.03. The van der Waals surface area contributed by atoms with Gasteiger partial charge in [0, 0.05) is 18.1 Å². The fraction of sp³-hybridized carbons (Fsp3) is 0.231. The Labute approximate surface area is 115 Å². The Balaban J connectivity index is 2.25. The number of amides is 1. The number of benzene rings is 1. The Morgan fingerprint density at radius 2 is 2.11 bits per heavy atom. The Bertz CT molecular complexity index is 566. The van der Waals surface area contributed by atoms with Crippen molar-refractivity contribution in [1.82, 2.24) is 9.55 Å². The standard InChI is InChI=1S/C13H15N3O2S/c1-9(12(14)17)19-13-15-7-8-16(13)10-3-5-11(18-2)6-4-10/h3-9H,1-2H3,(H2,14,17)/t9-/m1/s1. The van der Waals surface area contributed by atoms with E-state index in [1.165, 1.54) is 11.8 Å². The molecule has 1 amide bonds. The number of aromatic nitrogens is 2. The van der Waals surface area contributed by atoms with Crippen LogP contribution in [0.4, 0.5) is 0 Å². The molecule has 0 bridgehead atoms. The summed E-state index contributed by atoms with van der Waals surface area (Å²) in [5.74, 6) is 0.442. The van der Waals surface area contributed by atoms with E-state index in [-0.39, 0.29) is 11.2 Å². The quantitative estimate of drug-likeness (QED) is 0.847. The zero-order valence-corrected chi connectivity index (χ0v) is 11.6. The van der Waals surface area contributed by atoms with Gasteiger partial charge in [-0.2, -0.15) is 0 Å². The van der Waals surface area contributed by atoms with E-state index in [1.807, 2.05) is 35.0 Å². The van der Waals surface area contributed by atoms with Gasteiger partial charge in [0.05, 0.1) is 12.4 Å². The summed E-state index contributed by atoms with van der Waals surface area (Å²) in [6, 6.07) is 7.61. The summed E-state index contributed by atoms with van der Waals surface area (Å²) in [5, 5.41) is 0.413. The smallest absolute Gasteiger partial charge is 0.230 e. The van der Waals surface area contributed by atoms with Gasteiger partial charge in [0.2, 0.25) is 5.91 Å². The van der Waals surface area contributed by atoms with Gasteiger partial charge in [0.1, 0.15) is 5.75 Å². The highest BCUT2D eigenvalue weighted by molar-refractivity contribution is 8.00. The molecule has 1 aromatic carbocycles. The van der Waals surface area contributed by atoms with Gasteiger partial charge in [-0.15, -0.1) is 0 Å². The van der Waals surface area contributed by atoms with E-state index in [0.29, 0.717) is 0 Å². The van der Waals surface area contributed by atoms with Gasteiger partial charge in [-0.1, -0.05) is 11.8 Å². The van der Waals surface area contributed by atoms with Gasteiger partial charge in [-0.25, -0.2) is 4.98 Å². The first kappa shape index (κ1) is 13.5. The topological polar surface area (TPSA) is 70.1 Å². The first-order chi connectivity index (χ1) is 9.11. The number of primary amides is 1. The molecule has 0 spiro atoms. The molecule has 1 atom stereocenters. The summed E-state index contributed by atoms with van der Waals surface area (Å²) in [6.45, 7) is 1.76. The van der Waals surface area contributed by atoms with Crippen LogP contribution >= 0.6 is 11.8 Å². The molecule has 100 valence electrons. The largest absolute Gasteiger partial charge is 0.497 e. The maximum atomic E-state index is 11.1. The molecule has 19 heavy (non-hydrogen) atoms. The fourth-order valence-corrected chi connectivity index (χ4v) is 2.37. The van der Waals surface area contributed by atoms with Crippen LogP contribution in [0.2, 0.25) is 0 Å². The Hall–Kier alpha value is -1.95. The van der Waals surface area contributed by atoms with Crippen LogP contribution in [0.1, 0.15) is 6.92 Å². The van der Waals surface area contributed by atoms with Crippen molar-refractivity contribution in [2.24, 2.45) is 5.73 Å². The minimum absolute atomic E-state index is 0.320. The van der Waals surface area contributed by atoms with Crippen LogP contribution in [-0.2, 0) is 4.79 Å². The highest BCUT2D eigenvalue weighted by Crippen LogP contribution is 2.25. The molecule has 5 nitrogen and oxygen atoms in total. The van der Waals surface area contributed by atoms with E-state index in [9.17, 15) is 4.79 Å². The van der Waals surface area contributed by atoms with Crippen LogP contribution in [0, 0.1) is 0 Å². The molecule has 0 fully saturated rings. The molecule has 0 radical (unpaired) electrons. The van der Waals surface area contributed by atoms with E-state index in [2.05, 4.69) is 4.98 Å². The minimum atomic E-state index is -0.353. The third kappa shape index (κ3) is 3.08. The number of methoxy groups -OCH3 is 1. The van der Waals surface area contributed by atoms with Crippen LogP contribution in [0.15, 0.2) is 41.8 Å². The highest BCUT2D eigenvalue weighted by Gasteiger charge is 2.14. The van der Waals surface area contributed by atoms with Crippen molar-refractivity contribution in [3.05, 3.63) is 36.7 Å². The van der Waals surface area contributed by atoms with Gasteiger partial charge in [0.25, 0.3) is 0 Å². The average molecular weight is 277 g/mol. The summed E-state index contributed by atoms with van der Waals surface area (Å²) in [7, 11) is 1.63. The molecule has 0 saturated heterocycles. The lowest BCUT2D eigenvalue weighted by molar-refractivity contribution is -0.117. The predicted molar refractivity (Wildman–Crippen MR) is 74.6 cm³/mol.